The molecule has 1 saturated heterocycles. The van der Waals surface area contributed by atoms with Gasteiger partial charge in [0.2, 0.25) is 5.96 Å². The quantitative estimate of drug-likeness (QED) is 0.592. The van der Waals surface area contributed by atoms with Crippen molar-refractivity contribution >= 4 is 35.3 Å². The zero-order valence-corrected chi connectivity index (χ0v) is 19.6. The van der Waals surface area contributed by atoms with E-state index in [1.165, 1.54) is 12.0 Å². The summed E-state index contributed by atoms with van der Waals surface area (Å²) in [5.41, 5.74) is 2.49. The Labute approximate surface area is 202 Å². The van der Waals surface area contributed by atoms with Crippen LogP contribution >= 0.6 is 0 Å². The Balaban J connectivity index is 1.61. The predicted molar refractivity (Wildman–Crippen MR) is 128 cm³/mol. The van der Waals surface area contributed by atoms with Gasteiger partial charge in [0.05, 0.1) is 25.1 Å². The molecule has 10 heteroatoms. The van der Waals surface area contributed by atoms with Crippen LogP contribution in [-0.4, -0.2) is 78.1 Å². The number of methoxy groups -OCH3 is 1. The lowest BCUT2D eigenvalue weighted by molar-refractivity contribution is -0.148. The molecule has 2 aromatic carbocycles. The molecule has 0 spiro atoms. The Morgan fingerprint density at radius 2 is 1.77 bits per heavy atom. The van der Waals surface area contributed by atoms with E-state index >= 15 is 0 Å². The van der Waals surface area contributed by atoms with E-state index in [0.717, 1.165) is 21.8 Å². The van der Waals surface area contributed by atoms with Crippen molar-refractivity contribution in [1.29, 1.82) is 0 Å². The number of esters is 1. The maximum Gasteiger partial charge on any atom is 0.328 e. The number of urea groups is 1. The van der Waals surface area contributed by atoms with Crippen molar-refractivity contribution in [3.05, 3.63) is 66.4 Å². The highest BCUT2D eigenvalue weighted by Gasteiger charge is 2.55. The highest BCUT2D eigenvalue weighted by atomic mass is 16.5. The average Bonchev–Trinajstić information content (AvgIpc) is 3.43. The molecule has 35 heavy (non-hydrogen) atoms. The highest BCUT2D eigenvalue weighted by Crippen LogP contribution is 2.42. The summed E-state index contributed by atoms with van der Waals surface area (Å²) in [4.78, 5) is 49.1. The number of imide groups is 1. The van der Waals surface area contributed by atoms with Gasteiger partial charge < -0.3 is 14.4 Å². The fourth-order valence-electron chi connectivity index (χ4n) is 4.54. The number of para-hydroxylation sites is 2. The number of anilines is 1. The van der Waals surface area contributed by atoms with Crippen LogP contribution in [0.25, 0.3) is 5.70 Å². The molecule has 1 fully saturated rings. The van der Waals surface area contributed by atoms with Crippen LogP contribution in [0.15, 0.2) is 65.8 Å². The molecule has 3 aliphatic rings. The Morgan fingerprint density at radius 1 is 1.06 bits per heavy atom. The Bertz CT molecular complexity index is 1240. The summed E-state index contributed by atoms with van der Waals surface area (Å²) in [6.07, 6.45) is 1.12. The number of aliphatic imine (C=N–C) groups is 1. The molecule has 3 amide bonds. The van der Waals surface area contributed by atoms with Crippen LogP contribution in [-0.2, 0) is 14.3 Å². The maximum atomic E-state index is 13.5. The van der Waals surface area contributed by atoms with E-state index in [1.807, 2.05) is 72.6 Å². The molecule has 180 valence electrons. The summed E-state index contributed by atoms with van der Waals surface area (Å²) in [7, 11) is 2.79. The van der Waals surface area contributed by atoms with Crippen molar-refractivity contribution in [3.63, 3.8) is 0 Å². The molecule has 3 heterocycles. The molecular formula is C25H25N5O5. The molecule has 0 bridgehead atoms. The van der Waals surface area contributed by atoms with E-state index in [2.05, 4.69) is 4.74 Å². The molecule has 2 aromatic rings. The number of guanidine groups is 1. The van der Waals surface area contributed by atoms with Gasteiger partial charge in [-0.1, -0.05) is 42.5 Å². The monoisotopic (exact) mass is 475 g/mol. The van der Waals surface area contributed by atoms with Gasteiger partial charge in [-0.15, -0.1) is 0 Å². The number of fused-ring (bicyclic) bond motifs is 3. The van der Waals surface area contributed by atoms with Crippen LogP contribution < -0.4 is 9.64 Å². The van der Waals surface area contributed by atoms with Gasteiger partial charge in [-0.3, -0.25) is 24.3 Å². The average molecular weight is 476 g/mol. The van der Waals surface area contributed by atoms with E-state index in [1.54, 1.807) is 11.9 Å². The summed E-state index contributed by atoms with van der Waals surface area (Å²) in [5, 5.41) is 0. The Morgan fingerprint density at radius 3 is 2.49 bits per heavy atom. The number of benzene rings is 2. The number of hydrogen-bond acceptors (Lipinski definition) is 8. The first-order chi connectivity index (χ1) is 17.0. The first-order valence-corrected chi connectivity index (χ1v) is 11.3. The normalized spacial score (nSPS) is 21.0. The third-order valence-electron chi connectivity index (χ3n) is 6.20. The van der Waals surface area contributed by atoms with Crippen LogP contribution in [0.1, 0.15) is 12.5 Å². The zero-order chi connectivity index (χ0) is 24.7. The van der Waals surface area contributed by atoms with E-state index in [-0.39, 0.29) is 0 Å². The summed E-state index contributed by atoms with van der Waals surface area (Å²) in [6.45, 7) is 1.93. The van der Waals surface area contributed by atoms with Crippen molar-refractivity contribution in [2.24, 2.45) is 4.99 Å². The minimum Gasteiger partial charge on any atom is -0.492 e. The lowest BCUT2D eigenvalue weighted by Gasteiger charge is -2.39. The number of carbonyl (C=O) groups is 3. The topological polar surface area (TPSA) is 95.0 Å². The van der Waals surface area contributed by atoms with Gasteiger partial charge in [-0.05, 0) is 19.1 Å². The molecule has 0 saturated carbocycles. The van der Waals surface area contributed by atoms with Crippen LogP contribution in [0.4, 0.5) is 10.5 Å². The molecule has 0 N–H and O–H groups in total. The number of likely N-dealkylation sites (N-methyl/N-ethyl adjacent to an activating group) is 1. The second-order valence-corrected chi connectivity index (χ2v) is 8.21. The molecule has 0 radical (unpaired) electrons. The van der Waals surface area contributed by atoms with Crippen molar-refractivity contribution < 1.29 is 23.9 Å². The summed E-state index contributed by atoms with van der Waals surface area (Å²) >= 11 is 0. The van der Waals surface area contributed by atoms with Gasteiger partial charge in [0, 0.05) is 18.8 Å². The van der Waals surface area contributed by atoms with Gasteiger partial charge in [-0.25, -0.2) is 9.79 Å². The largest absolute Gasteiger partial charge is 0.492 e. The SMILES string of the molecule is CCOc1ccccc1N1C(c2ccccc2)=CN2C1=NC1C2C(=O)N(CC(=O)OC)C(=O)N1C. The van der Waals surface area contributed by atoms with Crippen LogP contribution in [0, 0.1) is 0 Å². The standard InChI is InChI=1S/C25H25N5O5/c1-4-35-19-13-9-8-12-17(19)30-18(16-10-6-5-7-11-16)14-28-21-22(26-24(28)30)27(2)25(33)29(23(21)32)15-20(31)34-3/h5-14,21-22H,4,15H2,1-3H3. The Hall–Kier alpha value is -4.34. The smallest absolute Gasteiger partial charge is 0.328 e. The lowest BCUT2D eigenvalue weighted by Crippen LogP contribution is -2.65. The minimum absolute atomic E-state index is 0.461. The summed E-state index contributed by atoms with van der Waals surface area (Å²) < 4.78 is 10.6. The first kappa shape index (κ1) is 22.5. The molecular weight excluding hydrogens is 450 g/mol. The van der Waals surface area contributed by atoms with Gasteiger partial charge in [0.1, 0.15) is 12.3 Å². The zero-order valence-electron chi connectivity index (χ0n) is 19.6. The van der Waals surface area contributed by atoms with Gasteiger partial charge in [0.25, 0.3) is 5.91 Å². The van der Waals surface area contributed by atoms with Crippen molar-refractivity contribution in [1.82, 2.24) is 14.7 Å². The van der Waals surface area contributed by atoms with Crippen LogP contribution in [0.5, 0.6) is 5.75 Å². The number of hydrogen-bond donors (Lipinski definition) is 0. The minimum atomic E-state index is -0.819. The second-order valence-electron chi connectivity index (χ2n) is 8.21. The number of nitrogens with zero attached hydrogens (tertiary/aromatic N) is 5. The number of rotatable bonds is 6. The van der Waals surface area contributed by atoms with E-state index in [0.29, 0.717) is 18.3 Å². The van der Waals surface area contributed by atoms with Gasteiger partial charge in [-0.2, -0.15) is 0 Å². The van der Waals surface area contributed by atoms with Gasteiger partial charge in [0.15, 0.2) is 12.2 Å². The van der Waals surface area contributed by atoms with Gasteiger partial charge >= 0.3 is 12.0 Å². The van der Waals surface area contributed by atoms with Crippen LogP contribution in [0.3, 0.4) is 0 Å². The Kier molecular flexibility index (Phi) is 5.64. The summed E-state index contributed by atoms with van der Waals surface area (Å²) in [6, 6.07) is 16.0. The third-order valence-corrected chi connectivity index (χ3v) is 6.20. The van der Waals surface area contributed by atoms with Crippen LogP contribution in [0.2, 0.25) is 0 Å². The third kappa shape index (κ3) is 3.58. The predicted octanol–water partition coefficient (Wildman–Crippen LogP) is 2.34. The van der Waals surface area contributed by atoms with Crippen molar-refractivity contribution in [2.75, 3.05) is 32.2 Å². The number of carbonyl (C=O) groups excluding carboxylic acids is 3. The van der Waals surface area contributed by atoms with Crippen molar-refractivity contribution in [3.8, 4) is 5.75 Å². The molecule has 5 rings (SSSR count). The van der Waals surface area contributed by atoms with E-state index < -0.39 is 36.7 Å². The fraction of sp³-hybridized carbons (Fsp3) is 0.280. The van der Waals surface area contributed by atoms with E-state index in [9.17, 15) is 14.4 Å². The summed E-state index contributed by atoms with van der Waals surface area (Å²) in [5.74, 6) is -0.0176. The molecule has 2 unspecified atom stereocenters. The molecule has 0 aromatic heterocycles. The second kappa shape index (κ2) is 8.79. The molecule has 3 aliphatic heterocycles. The molecule has 0 aliphatic carbocycles. The van der Waals surface area contributed by atoms with E-state index in [4.69, 9.17) is 9.73 Å². The molecule has 2 atom stereocenters. The van der Waals surface area contributed by atoms with Crippen molar-refractivity contribution in [2.45, 2.75) is 19.1 Å². The molecule has 10 nitrogen and oxygen atoms in total. The maximum absolute atomic E-state index is 13.5. The first-order valence-electron chi connectivity index (χ1n) is 11.3. The number of amides is 3. The fourth-order valence-corrected chi connectivity index (χ4v) is 4.54. The highest BCUT2D eigenvalue weighted by molar-refractivity contribution is 6.17. The lowest BCUT2D eigenvalue weighted by atomic mass is 10.1. The number of ether oxygens (including phenoxy) is 2.